The molecule has 0 spiro atoms. The van der Waals surface area contributed by atoms with E-state index in [0.29, 0.717) is 29.8 Å². The largest absolute Gasteiger partial charge is 0.484 e. The zero-order valence-electron chi connectivity index (χ0n) is 20.7. The van der Waals surface area contributed by atoms with Crippen LogP contribution in [0.2, 0.25) is 0 Å². The number of carbonyl (C=O) groups is 3. The maximum absolute atomic E-state index is 13.7. The number of para-hydroxylation sites is 1. The highest BCUT2D eigenvalue weighted by molar-refractivity contribution is 6.08. The SMILES string of the molecule is Cc1cc(OCC(F)(F)F)ccc1C(=O)N1C[C@@H](C=N)N(C(=O)NC2CCCNC2=O)Cc2ccccc21. The van der Waals surface area contributed by atoms with Gasteiger partial charge in [0.25, 0.3) is 5.91 Å². The minimum Gasteiger partial charge on any atom is -0.484 e. The summed E-state index contributed by atoms with van der Waals surface area (Å²) in [5.74, 6) is -0.709. The van der Waals surface area contributed by atoms with Gasteiger partial charge in [0.05, 0.1) is 19.1 Å². The maximum atomic E-state index is 13.7. The van der Waals surface area contributed by atoms with Gasteiger partial charge in [-0.15, -0.1) is 0 Å². The Labute approximate surface area is 217 Å². The molecular weight excluding hydrogens is 503 g/mol. The average molecular weight is 532 g/mol. The number of aryl methyl sites for hydroxylation is 1. The molecule has 0 radical (unpaired) electrons. The van der Waals surface area contributed by atoms with Crippen LogP contribution >= 0.6 is 0 Å². The Hall–Kier alpha value is -4.09. The van der Waals surface area contributed by atoms with Crippen molar-refractivity contribution in [3.8, 4) is 5.75 Å². The lowest BCUT2D eigenvalue weighted by atomic mass is 10.1. The van der Waals surface area contributed by atoms with Crippen LogP contribution in [0.4, 0.5) is 23.7 Å². The van der Waals surface area contributed by atoms with Crippen LogP contribution in [0.15, 0.2) is 42.5 Å². The predicted molar refractivity (Wildman–Crippen MR) is 134 cm³/mol. The number of piperidine rings is 1. The lowest BCUT2D eigenvalue weighted by Crippen LogP contribution is -2.56. The zero-order chi connectivity index (χ0) is 27.4. The molecule has 38 heavy (non-hydrogen) atoms. The number of carbonyl (C=O) groups excluding carboxylic acids is 3. The van der Waals surface area contributed by atoms with Gasteiger partial charge in [-0.3, -0.25) is 9.59 Å². The molecule has 0 aliphatic carbocycles. The van der Waals surface area contributed by atoms with E-state index < -0.39 is 36.8 Å². The molecule has 2 aliphatic heterocycles. The molecule has 0 saturated carbocycles. The van der Waals surface area contributed by atoms with E-state index in [1.165, 1.54) is 28.0 Å². The second kappa shape index (κ2) is 11.1. The number of nitrogens with zero attached hydrogens (tertiary/aromatic N) is 2. The number of hydrogen-bond acceptors (Lipinski definition) is 5. The van der Waals surface area contributed by atoms with Crippen molar-refractivity contribution >= 4 is 29.7 Å². The standard InChI is InChI=1S/C26H28F3N5O4/c1-16-11-19(38-15-26(27,28)29)8-9-20(16)24(36)34-14-18(12-30)33(13-17-5-2-3-7-22(17)34)25(37)32-21-6-4-10-31-23(21)35/h2-3,5,7-9,11-12,18,21,30H,4,6,10,13-15H2,1H3,(H,31,35)(H,32,37)/t18-,21?/m1/s1. The Morgan fingerprint density at radius 2 is 2.00 bits per heavy atom. The van der Waals surface area contributed by atoms with Crippen LogP contribution in [0.3, 0.4) is 0 Å². The number of halogens is 3. The molecule has 3 N–H and O–H groups in total. The summed E-state index contributed by atoms with van der Waals surface area (Å²) in [5.41, 5.74) is 1.88. The molecule has 2 aromatic carbocycles. The molecule has 0 bridgehead atoms. The van der Waals surface area contributed by atoms with Gasteiger partial charge in [-0.25, -0.2) is 4.79 Å². The molecule has 2 aliphatic rings. The van der Waals surface area contributed by atoms with Crippen LogP contribution < -0.4 is 20.3 Å². The molecule has 202 valence electrons. The van der Waals surface area contributed by atoms with Crippen LogP contribution in [-0.4, -0.2) is 66.9 Å². The summed E-state index contributed by atoms with van der Waals surface area (Å²) in [4.78, 5) is 42.0. The van der Waals surface area contributed by atoms with Crippen LogP contribution in [0.1, 0.15) is 34.3 Å². The van der Waals surface area contributed by atoms with Gasteiger partial charge in [0.2, 0.25) is 5.91 Å². The van der Waals surface area contributed by atoms with Gasteiger partial charge < -0.3 is 30.6 Å². The lowest BCUT2D eigenvalue weighted by Gasteiger charge is -2.31. The Bertz CT molecular complexity index is 1240. The van der Waals surface area contributed by atoms with E-state index in [9.17, 15) is 27.6 Å². The number of rotatable bonds is 5. The smallest absolute Gasteiger partial charge is 0.422 e. The summed E-state index contributed by atoms with van der Waals surface area (Å²) in [6.45, 7) is 0.775. The van der Waals surface area contributed by atoms with Gasteiger partial charge in [-0.1, -0.05) is 18.2 Å². The van der Waals surface area contributed by atoms with Crippen molar-refractivity contribution in [2.24, 2.45) is 0 Å². The van der Waals surface area contributed by atoms with Gasteiger partial charge in [0.15, 0.2) is 6.61 Å². The molecule has 0 aromatic heterocycles. The van der Waals surface area contributed by atoms with Crippen molar-refractivity contribution in [1.29, 1.82) is 5.41 Å². The van der Waals surface area contributed by atoms with E-state index in [4.69, 9.17) is 10.1 Å². The fourth-order valence-corrected chi connectivity index (χ4v) is 4.57. The molecule has 2 aromatic rings. The van der Waals surface area contributed by atoms with Crippen LogP contribution in [0.25, 0.3) is 0 Å². The maximum Gasteiger partial charge on any atom is 0.422 e. The fourth-order valence-electron chi connectivity index (χ4n) is 4.57. The molecule has 12 heteroatoms. The van der Waals surface area contributed by atoms with Crippen LogP contribution in [0.5, 0.6) is 5.75 Å². The monoisotopic (exact) mass is 531 g/mol. The van der Waals surface area contributed by atoms with Crippen LogP contribution in [-0.2, 0) is 11.3 Å². The number of nitrogens with one attached hydrogen (secondary N) is 3. The summed E-state index contributed by atoms with van der Waals surface area (Å²) < 4.78 is 42.4. The second-order valence-corrected chi connectivity index (χ2v) is 9.22. The number of urea groups is 1. The van der Waals surface area contributed by atoms with Crippen molar-refractivity contribution in [2.45, 2.75) is 44.6 Å². The minimum atomic E-state index is -4.49. The molecular formula is C26H28F3N5O4. The van der Waals surface area contributed by atoms with Crippen molar-refractivity contribution in [2.75, 3.05) is 24.6 Å². The highest BCUT2D eigenvalue weighted by Gasteiger charge is 2.35. The quantitative estimate of drug-likeness (QED) is 0.513. The number of alkyl halides is 3. The molecule has 4 rings (SSSR count). The van der Waals surface area contributed by atoms with Crippen molar-refractivity contribution in [3.63, 3.8) is 0 Å². The summed E-state index contributed by atoms with van der Waals surface area (Å²) in [6, 6.07) is 9.11. The Morgan fingerprint density at radius 3 is 2.68 bits per heavy atom. The lowest BCUT2D eigenvalue weighted by molar-refractivity contribution is -0.153. The first-order valence-electron chi connectivity index (χ1n) is 12.1. The van der Waals surface area contributed by atoms with Crippen molar-refractivity contribution in [3.05, 3.63) is 59.2 Å². The van der Waals surface area contributed by atoms with E-state index in [2.05, 4.69) is 10.6 Å². The van der Waals surface area contributed by atoms with Gasteiger partial charge in [0, 0.05) is 24.0 Å². The third-order valence-electron chi connectivity index (χ3n) is 6.51. The Morgan fingerprint density at radius 1 is 1.24 bits per heavy atom. The molecule has 1 unspecified atom stereocenters. The first-order valence-corrected chi connectivity index (χ1v) is 12.1. The molecule has 2 atom stereocenters. The van der Waals surface area contributed by atoms with E-state index in [1.54, 1.807) is 31.2 Å². The van der Waals surface area contributed by atoms with Crippen molar-refractivity contribution < 1.29 is 32.3 Å². The molecule has 1 saturated heterocycles. The predicted octanol–water partition coefficient (Wildman–Crippen LogP) is 3.40. The number of hydrogen-bond donors (Lipinski definition) is 3. The molecule has 2 heterocycles. The Balaban J connectivity index is 1.60. The Kier molecular flexibility index (Phi) is 7.88. The topological polar surface area (TPSA) is 115 Å². The molecule has 4 amide bonds. The normalized spacial score (nSPS) is 19.6. The number of amides is 4. The highest BCUT2D eigenvalue weighted by Crippen LogP contribution is 2.30. The van der Waals surface area contributed by atoms with Gasteiger partial charge in [-0.05, 0) is 55.2 Å². The van der Waals surface area contributed by atoms with Gasteiger partial charge >= 0.3 is 12.2 Å². The summed E-state index contributed by atoms with van der Waals surface area (Å²) in [6.07, 6.45) is -2.18. The van der Waals surface area contributed by atoms with Crippen molar-refractivity contribution in [1.82, 2.24) is 15.5 Å². The molecule has 9 nitrogen and oxygen atoms in total. The number of benzene rings is 2. The number of anilines is 1. The zero-order valence-corrected chi connectivity index (χ0v) is 20.7. The summed E-state index contributed by atoms with van der Waals surface area (Å²) in [5, 5.41) is 13.5. The van der Waals surface area contributed by atoms with Gasteiger partial charge in [-0.2, -0.15) is 13.2 Å². The summed E-state index contributed by atoms with van der Waals surface area (Å²) >= 11 is 0. The van der Waals surface area contributed by atoms with Gasteiger partial charge in [0.1, 0.15) is 11.8 Å². The first-order chi connectivity index (χ1) is 18.1. The van der Waals surface area contributed by atoms with E-state index in [0.717, 1.165) is 12.6 Å². The first kappa shape index (κ1) is 27.0. The van der Waals surface area contributed by atoms with E-state index in [1.807, 2.05) is 0 Å². The third kappa shape index (κ3) is 6.06. The van der Waals surface area contributed by atoms with E-state index >= 15 is 0 Å². The highest BCUT2D eigenvalue weighted by atomic mass is 19.4. The summed E-state index contributed by atoms with van der Waals surface area (Å²) in [7, 11) is 0. The second-order valence-electron chi connectivity index (χ2n) is 9.22. The number of ether oxygens (including phenoxy) is 1. The molecule has 1 fully saturated rings. The van der Waals surface area contributed by atoms with E-state index in [-0.39, 0.29) is 30.3 Å². The fraction of sp³-hybridized carbons (Fsp3) is 0.385. The number of fused-ring (bicyclic) bond motifs is 1. The minimum absolute atomic E-state index is 0.0143. The third-order valence-corrected chi connectivity index (χ3v) is 6.51. The van der Waals surface area contributed by atoms with Crippen LogP contribution in [0, 0.1) is 12.3 Å². The average Bonchev–Trinajstić information content (AvgIpc) is 3.05.